The van der Waals surface area contributed by atoms with Crippen molar-refractivity contribution in [3.8, 4) is 0 Å². The fourth-order valence-electron chi connectivity index (χ4n) is 2.83. The molecule has 1 fully saturated rings. The number of rotatable bonds is 3. The molecule has 1 aliphatic heterocycles. The third-order valence-electron chi connectivity index (χ3n) is 3.77. The Bertz CT molecular complexity index is 593. The average molecular weight is 325 g/mol. The summed E-state index contributed by atoms with van der Waals surface area (Å²) in [5.74, 6) is -0.187. The van der Waals surface area contributed by atoms with E-state index in [2.05, 4.69) is 16.3 Å². The fraction of sp³-hybridized carbons (Fsp3) is 0.375. The fourth-order valence-corrected chi connectivity index (χ4v) is 4.06. The second-order valence-electron chi connectivity index (χ2n) is 5.24. The van der Waals surface area contributed by atoms with E-state index in [0.29, 0.717) is 0 Å². The molecule has 112 valence electrons. The zero-order valence-electron chi connectivity index (χ0n) is 11.7. The third kappa shape index (κ3) is 3.64. The SMILES string of the molecule is Fc1cccc(C(c2ccc(Cl)s2)N2CCCNCC2)c1. The standard InChI is InChI=1S/C16H18ClFN2S/c17-15-6-5-14(21-15)16(12-3-1-4-13(18)11-12)20-9-2-7-19-8-10-20/h1,3-6,11,16,19H,2,7-10H2. The van der Waals surface area contributed by atoms with E-state index in [1.807, 2.05) is 12.1 Å². The van der Waals surface area contributed by atoms with Crippen molar-refractivity contribution in [3.05, 3.63) is 57.0 Å². The summed E-state index contributed by atoms with van der Waals surface area (Å²) < 4.78 is 14.4. The normalized spacial score (nSPS) is 18.4. The molecule has 1 aromatic carbocycles. The molecule has 5 heteroatoms. The molecule has 1 aromatic heterocycles. The zero-order valence-corrected chi connectivity index (χ0v) is 13.3. The Kier molecular flexibility index (Phi) is 4.91. The van der Waals surface area contributed by atoms with Crippen molar-refractivity contribution in [2.75, 3.05) is 26.2 Å². The van der Waals surface area contributed by atoms with Gasteiger partial charge in [0.2, 0.25) is 0 Å². The molecule has 0 saturated carbocycles. The summed E-state index contributed by atoms with van der Waals surface area (Å²) in [6, 6.07) is 11.0. The number of hydrogen-bond acceptors (Lipinski definition) is 3. The highest BCUT2D eigenvalue weighted by molar-refractivity contribution is 7.16. The van der Waals surface area contributed by atoms with E-state index in [-0.39, 0.29) is 11.9 Å². The van der Waals surface area contributed by atoms with E-state index in [0.717, 1.165) is 42.5 Å². The predicted molar refractivity (Wildman–Crippen MR) is 86.6 cm³/mol. The van der Waals surface area contributed by atoms with Crippen molar-refractivity contribution in [2.45, 2.75) is 12.5 Å². The minimum absolute atomic E-state index is 0.0816. The van der Waals surface area contributed by atoms with Crippen LogP contribution in [0.2, 0.25) is 4.34 Å². The van der Waals surface area contributed by atoms with Crippen LogP contribution in [-0.2, 0) is 0 Å². The first-order valence-corrected chi connectivity index (χ1v) is 8.39. The molecule has 1 aliphatic rings. The molecular weight excluding hydrogens is 307 g/mol. The van der Waals surface area contributed by atoms with Crippen LogP contribution in [0.25, 0.3) is 0 Å². The Morgan fingerprint density at radius 3 is 2.86 bits per heavy atom. The summed E-state index contributed by atoms with van der Waals surface area (Å²) in [6.45, 7) is 3.96. The van der Waals surface area contributed by atoms with E-state index in [9.17, 15) is 4.39 Å². The Morgan fingerprint density at radius 1 is 1.19 bits per heavy atom. The van der Waals surface area contributed by atoms with Gasteiger partial charge in [-0.25, -0.2) is 4.39 Å². The van der Waals surface area contributed by atoms with Crippen LogP contribution >= 0.6 is 22.9 Å². The van der Waals surface area contributed by atoms with Gasteiger partial charge in [0, 0.05) is 24.5 Å². The van der Waals surface area contributed by atoms with E-state index in [1.54, 1.807) is 23.5 Å². The molecule has 1 saturated heterocycles. The van der Waals surface area contributed by atoms with Crippen molar-refractivity contribution in [1.82, 2.24) is 10.2 Å². The van der Waals surface area contributed by atoms with Gasteiger partial charge < -0.3 is 5.32 Å². The molecule has 3 rings (SSSR count). The number of benzene rings is 1. The van der Waals surface area contributed by atoms with Crippen LogP contribution in [0.3, 0.4) is 0 Å². The van der Waals surface area contributed by atoms with Crippen molar-refractivity contribution >= 4 is 22.9 Å². The monoisotopic (exact) mass is 324 g/mol. The summed E-state index contributed by atoms with van der Waals surface area (Å²) in [6.07, 6.45) is 1.10. The summed E-state index contributed by atoms with van der Waals surface area (Å²) in [7, 11) is 0. The van der Waals surface area contributed by atoms with Gasteiger partial charge >= 0.3 is 0 Å². The Balaban J connectivity index is 1.97. The second kappa shape index (κ2) is 6.88. The Hall–Kier alpha value is -0.940. The molecule has 1 N–H and O–H groups in total. The highest BCUT2D eigenvalue weighted by atomic mass is 35.5. The van der Waals surface area contributed by atoms with Crippen LogP contribution < -0.4 is 5.32 Å². The van der Waals surface area contributed by atoms with Crippen LogP contribution in [0.4, 0.5) is 4.39 Å². The minimum Gasteiger partial charge on any atom is -0.315 e. The average Bonchev–Trinajstić information content (AvgIpc) is 2.73. The Labute approximate surface area is 133 Å². The largest absolute Gasteiger partial charge is 0.315 e. The lowest BCUT2D eigenvalue weighted by molar-refractivity contribution is 0.243. The maximum atomic E-state index is 13.6. The predicted octanol–water partition coefficient (Wildman–Crippen LogP) is 3.93. The van der Waals surface area contributed by atoms with Gasteiger partial charge in [0.15, 0.2) is 0 Å². The van der Waals surface area contributed by atoms with Crippen molar-refractivity contribution in [2.24, 2.45) is 0 Å². The van der Waals surface area contributed by atoms with Crippen LogP contribution in [0.15, 0.2) is 36.4 Å². The van der Waals surface area contributed by atoms with Gasteiger partial charge in [0.25, 0.3) is 0 Å². The van der Waals surface area contributed by atoms with Crippen molar-refractivity contribution < 1.29 is 4.39 Å². The van der Waals surface area contributed by atoms with E-state index in [4.69, 9.17) is 11.6 Å². The quantitative estimate of drug-likeness (QED) is 0.920. The van der Waals surface area contributed by atoms with Gasteiger partial charge in [-0.15, -0.1) is 11.3 Å². The topological polar surface area (TPSA) is 15.3 Å². The van der Waals surface area contributed by atoms with Gasteiger partial charge in [0.1, 0.15) is 5.82 Å². The lowest BCUT2D eigenvalue weighted by Crippen LogP contribution is -2.32. The van der Waals surface area contributed by atoms with Gasteiger partial charge in [-0.05, 0) is 42.8 Å². The van der Waals surface area contributed by atoms with Crippen molar-refractivity contribution in [1.29, 1.82) is 0 Å². The maximum absolute atomic E-state index is 13.6. The molecule has 1 atom stereocenters. The number of hydrogen-bond donors (Lipinski definition) is 1. The van der Waals surface area contributed by atoms with Crippen LogP contribution in [-0.4, -0.2) is 31.1 Å². The Morgan fingerprint density at radius 2 is 2.10 bits per heavy atom. The van der Waals surface area contributed by atoms with E-state index in [1.165, 1.54) is 10.9 Å². The third-order valence-corrected chi connectivity index (χ3v) is 5.05. The summed E-state index contributed by atoms with van der Waals surface area (Å²) in [4.78, 5) is 3.59. The number of thiophene rings is 1. The summed E-state index contributed by atoms with van der Waals surface area (Å²) in [5, 5.41) is 3.41. The molecule has 21 heavy (non-hydrogen) atoms. The number of nitrogens with zero attached hydrogens (tertiary/aromatic N) is 1. The number of halogens is 2. The molecular formula is C16H18ClFN2S. The molecule has 1 unspecified atom stereocenters. The maximum Gasteiger partial charge on any atom is 0.123 e. The highest BCUT2D eigenvalue weighted by Crippen LogP contribution is 2.35. The number of nitrogens with one attached hydrogen (secondary N) is 1. The molecule has 0 bridgehead atoms. The first kappa shape index (κ1) is 15.0. The second-order valence-corrected chi connectivity index (χ2v) is 6.99. The molecule has 0 amide bonds. The van der Waals surface area contributed by atoms with Crippen LogP contribution in [0, 0.1) is 5.82 Å². The minimum atomic E-state index is -0.187. The summed E-state index contributed by atoms with van der Waals surface area (Å²) in [5.41, 5.74) is 0.996. The van der Waals surface area contributed by atoms with Gasteiger partial charge in [-0.1, -0.05) is 23.7 Å². The van der Waals surface area contributed by atoms with Gasteiger partial charge in [0.05, 0.1) is 10.4 Å². The lowest BCUT2D eigenvalue weighted by Gasteiger charge is -2.30. The zero-order chi connectivity index (χ0) is 14.7. The first-order valence-electron chi connectivity index (χ1n) is 7.19. The molecule has 0 aliphatic carbocycles. The van der Waals surface area contributed by atoms with E-state index >= 15 is 0 Å². The smallest absolute Gasteiger partial charge is 0.123 e. The summed E-state index contributed by atoms with van der Waals surface area (Å²) >= 11 is 7.69. The first-order chi connectivity index (χ1) is 10.2. The van der Waals surface area contributed by atoms with Crippen molar-refractivity contribution in [3.63, 3.8) is 0 Å². The highest BCUT2D eigenvalue weighted by Gasteiger charge is 2.24. The lowest BCUT2D eigenvalue weighted by atomic mass is 10.0. The molecule has 2 nitrogen and oxygen atoms in total. The molecule has 2 aromatic rings. The molecule has 0 spiro atoms. The van der Waals surface area contributed by atoms with Gasteiger partial charge in [-0.2, -0.15) is 0 Å². The van der Waals surface area contributed by atoms with Gasteiger partial charge in [-0.3, -0.25) is 4.90 Å². The van der Waals surface area contributed by atoms with E-state index < -0.39 is 0 Å². The van der Waals surface area contributed by atoms with Crippen LogP contribution in [0.5, 0.6) is 0 Å². The molecule has 2 heterocycles. The van der Waals surface area contributed by atoms with Crippen LogP contribution in [0.1, 0.15) is 22.9 Å². The molecule has 0 radical (unpaired) electrons.